The summed E-state index contributed by atoms with van der Waals surface area (Å²) in [5, 5.41) is 4.71. The van der Waals surface area contributed by atoms with E-state index in [4.69, 9.17) is 23.2 Å². The maximum atomic E-state index is 6.21. The second kappa shape index (κ2) is 6.38. The van der Waals surface area contributed by atoms with Crippen LogP contribution in [0.4, 0.5) is 0 Å². The summed E-state index contributed by atoms with van der Waals surface area (Å²) < 4.78 is 0. The van der Waals surface area contributed by atoms with E-state index in [1.165, 1.54) is 0 Å². The van der Waals surface area contributed by atoms with Gasteiger partial charge in [0.1, 0.15) is 0 Å². The van der Waals surface area contributed by atoms with Crippen LogP contribution in [-0.2, 0) is 6.42 Å². The summed E-state index contributed by atoms with van der Waals surface area (Å²) in [5.41, 5.74) is 3.05. The van der Waals surface area contributed by atoms with Gasteiger partial charge in [0.15, 0.2) is 0 Å². The Hall–Kier alpha value is -1.09. The molecular weight excluding hydrogens is 279 g/mol. The van der Waals surface area contributed by atoms with E-state index in [0.29, 0.717) is 5.02 Å². The monoisotopic (exact) mass is 294 g/mol. The third-order valence-corrected chi connectivity index (χ3v) is 3.65. The number of likely N-dealkylation sites (N-methyl/N-ethyl adjacent to an activating group) is 1. The van der Waals surface area contributed by atoms with Crippen LogP contribution in [0.15, 0.2) is 36.4 Å². The summed E-state index contributed by atoms with van der Waals surface area (Å²) >= 11 is 12.2. The molecule has 0 saturated carbocycles. The zero-order chi connectivity index (χ0) is 13.8. The van der Waals surface area contributed by atoms with Crippen LogP contribution in [0.25, 0.3) is 0 Å². The van der Waals surface area contributed by atoms with Gasteiger partial charge in [-0.2, -0.15) is 0 Å². The number of halogens is 2. The molecule has 0 aliphatic carbocycles. The molecule has 19 heavy (non-hydrogen) atoms. The smallest absolute Gasteiger partial charge is 0.0579 e. The van der Waals surface area contributed by atoms with Gasteiger partial charge in [0.2, 0.25) is 0 Å². The number of hydrogen-bond donors (Lipinski definition) is 1. The number of hydrogen-bond acceptors (Lipinski definition) is 2. The summed E-state index contributed by atoms with van der Waals surface area (Å²) in [6.45, 7) is 1.99. The van der Waals surface area contributed by atoms with Gasteiger partial charge in [-0.25, -0.2) is 0 Å². The molecule has 1 aromatic heterocycles. The Bertz CT molecular complexity index is 570. The predicted molar refractivity (Wildman–Crippen MR) is 80.9 cm³/mol. The van der Waals surface area contributed by atoms with Crippen molar-refractivity contribution in [1.82, 2.24) is 10.3 Å². The minimum absolute atomic E-state index is 0.121. The van der Waals surface area contributed by atoms with Gasteiger partial charge in [0, 0.05) is 15.7 Å². The van der Waals surface area contributed by atoms with E-state index in [-0.39, 0.29) is 6.04 Å². The Kier molecular flexibility index (Phi) is 4.81. The second-order valence-corrected chi connectivity index (χ2v) is 5.33. The van der Waals surface area contributed by atoms with Crippen molar-refractivity contribution in [3.05, 3.63) is 63.4 Å². The third kappa shape index (κ3) is 3.69. The van der Waals surface area contributed by atoms with Gasteiger partial charge in [-0.1, -0.05) is 29.3 Å². The number of nitrogens with zero attached hydrogens (tertiary/aromatic N) is 1. The van der Waals surface area contributed by atoms with Crippen LogP contribution in [0.5, 0.6) is 0 Å². The first kappa shape index (κ1) is 14.3. The van der Waals surface area contributed by atoms with Crippen LogP contribution in [0.1, 0.15) is 23.0 Å². The standard InChI is InChI=1S/C15H16Cl2N2/c1-10-4-3-5-14(19-10)15(18-2)9-11-8-12(16)6-7-13(11)17/h3-8,15,18H,9H2,1-2H3. The number of aryl methyl sites for hydroxylation is 1. The van der Waals surface area contributed by atoms with Crippen molar-refractivity contribution in [2.75, 3.05) is 7.05 Å². The first-order valence-corrected chi connectivity index (χ1v) is 6.90. The molecular formula is C15H16Cl2N2. The van der Waals surface area contributed by atoms with Crippen LogP contribution in [0.2, 0.25) is 10.0 Å². The maximum Gasteiger partial charge on any atom is 0.0579 e. The fraction of sp³-hybridized carbons (Fsp3) is 0.267. The highest BCUT2D eigenvalue weighted by atomic mass is 35.5. The molecule has 4 heteroatoms. The van der Waals surface area contributed by atoms with E-state index in [9.17, 15) is 0 Å². The first-order valence-electron chi connectivity index (χ1n) is 6.15. The number of aromatic nitrogens is 1. The molecule has 2 nitrogen and oxygen atoms in total. The lowest BCUT2D eigenvalue weighted by Crippen LogP contribution is -2.20. The molecule has 0 bridgehead atoms. The lowest BCUT2D eigenvalue weighted by atomic mass is 10.0. The van der Waals surface area contributed by atoms with Crippen molar-refractivity contribution in [2.24, 2.45) is 0 Å². The Balaban J connectivity index is 2.26. The molecule has 0 aliphatic rings. The lowest BCUT2D eigenvalue weighted by molar-refractivity contribution is 0.574. The number of nitrogens with one attached hydrogen (secondary N) is 1. The Labute approximate surface area is 123 Å². The van der Waals surface area contributed by atoms with Gasteiger partial charge in [-0.05, 0) is 56.3 Å². The highest BCUT2D eigenvalue weighted by Crippen LogP contribution is 2.25. The van der Waals surface area contributed by atoms with E-state index in [1.54, 1.807) is 6.07 Å². The summed E-state index contributed by atoms with van der Waals surface area (Å²) in [4.78, 5) is 4.55. The third-order valence-electron chi connectivity index (χ3n) is 3.05. The fourth-order valence-electron chi connectivity index (χ4n) is 2.03. The van der Waals surface area contributed by atoms with Crippen molar-refractivity contribution in [3.63, 3.8) is 0 Å². The molecule has 100 valence electrons. The van der Waals surface area contributed by atoms with Crippen molar-refractivity contribution in [1.29, 1.82) is 0 Å². The predicted octanol–water partition coefficient (Wildman–Crippen LogP) is 4.20. The van der Waals surface area contributed by atoms with Crippen LogP contribution >= 0.6 is 23.2 Å². The molecule has 0 fully saturated rings. The minimum Gasteiger partial charge on any atom is -0.311 e. The zero-order valence-electron chi connectivity index (χ0n) is 11.0. The molecule has 1 aromatic carbocycles. The van der Waals surface area contributed by atoms with Gasteiger partial charge in [-0.3, -0.25) is 4.98 Å². The van der Waals surface area contributed by atoms with Gasteiger partial charge >= 0.3 is 0 Å². The van der Waals surface area contributed by atoms with Crippen LogP contribution in [0.3, 0.4) is 0 Å². The van der Waals surface area contributed by atoms with E-state index >= 15 is 0 Å². The largest absolute Gasteiger partial charge is 0.311 e. The maximum absolute atomic E-state index is 6.21. The Morgan fingerprint density at radius 1 is 1.21 bits per heavy atom. The SMILES string of the molecule is CNC(Cc1cc(Cl)ccc1Cl)c1cccc(C)n1. The minimum atomic E-state index is 0.121. The molecule has 0 amide bonds. The molecule has 1 heterocycles. The van der Waals surface area contributed by atoms with Crippen molar-refractivity contribution in [2.45, 2.75) is 19.4 Å². The summed E-state index contributed by atoms with van der Waals surface area (Å²) in [5.74, 6) is 0. The first-order chi connectivity index (χ1) is 9.10. The van der Waals surface area contributed by atoms with Crippen molar-refractivity contribution < 1.29 is 0 Å². The topological polar surface area (TPSA) is 24.9 Å². The van der Waals surface area contributed by atoms with Crippen LogP contribution in [0, 0.1) is 6.92 Å². The van der Waals surface area contributed by atoms with E-state index in [0.717, 1.165) is 28.4 Å². The summed E-state index contributed by atoms with van der Waals surface area (Å²) in [6.07, 6.45) is 0.756. The number of benzene rings is 1. The Morgan fingerprint density at radius 2 is 2.00 bits per heavy atom. The van der Waals surface area contributed by atoms with Crippen molar-refractivity contribution in [3.8, 4) is 0 Å². The average molecular weight is 295 g/mol. The highest BCUT2D eigenvalue weighted by Gasteiger charge is 2.13. The lowest BCUT2D eigenvalue weighted by Gasteiger charge is -2.17. The highest BCUT2D eigenvalue weighted by molar-refractivity contribution is 6.33. The zero-order valence-corrected chi connectivity index (χ0v) is 12.5. The van der Waals surface area contributed by atoms with E-state index < -0.39 is 0 Å². The molecule has 0 radical (unpaired) electrons. The second-order valence-electron chi connectivity index (χ2n) is 4.48. The molecule has 0 spiro atoms. The van der Waals surface area contributed by atoms with Crippen LogP contribution in [-0.4, -0.2) is 12.0 Å². The molecule has 0 saturated heterocycles. The Morgan fingerprint density at radius 3 is 2.68 bits per heavy atom. The molecule has 2 rings (SSSR count). The fourth-order valence-corrected chi connectivity index (χ4v) is 2.42. The number of pyridine rings is 1. The van der Waals surface area contributed by atoms with Gasteiger partial charge < -0.3 is 5.32 Å². The van der Waals surface area contributed by atoms with E-state index in [1.807, 2.05) is 44.3 Å². The molecule has 0 aliphatic heterocycles. The van der Waals surface area contributed by atoms with Crippen LogP contribution < -0.4 is 5.32 Å². The summed E-state index contributed by atoms with van der Waals surface area (Å²) in [7, 11) is 1.92. The van der Waals surface area contributed by atoms with E-state index in [2.05, 4.69) is 10.3 Å². The van der Waals surface area contributed by atoms with Gasteiger partial charge in [-0.15, -0.1) is 0 Å². The van der Waals surface area contributed by atoms with Gasteiger partial charge in [0.25, 0.3) is 0 Å². The molecule has 2 aromatic rings. The summed E-state index contributed by atoms with van der Waals surface area (Å²) in [6, 6.07) is 11.7. The molecule has 1 atom stereocenters. The quantitative estimate of drug-likeness (QED) is 0.914. The molecule has 1 N–H and O–H groups in total. The molecule has 1 unspecified atom stereocenters. The normalized spacial score (nSPS) is 12.4. The average Bonchev–Trinajstić information content (AvgIpc) is 2.39. The van der Waals surface area contributed by atoms with Crippen molar-refractivity contribution >= 4 is 23.2 Å². The van der Waals surface area contributed by atoms with Gasteiger partial charge in [0.05, 0.1) is 11.7 Å². The number of rotatable bonds is 4.